The molecule has 0 aliphatic carbocycles. The minimum absolute atomic E-state index is 0.0564. The van der Waals surface area contributed by atoms with Crippen molar-refractivity contribution in [1.82, 2.24) is 20.3 Å². The van der Waals surface area contributed by atoms with Gasteiger partial charge in [-0.1, -0.05) is 0 Å². The largest absolute Gasteiger partial charge is 0.444 e. The molecule has 2 aliphatic rings. The minimum Gasteiger partial charge on any atom is -0.444 e. The molecule has 2 heterocycles. The lowest BCUT2D eigenvalue weighted by Crippen LogP contribution is -2.55. The summed E-state index contributed by atoms with van der Waals surface area (Å²) in [6.07, 6.45) is 0.768. The van der Waals surface area contributed by atoms with E-state index < -0.39 is 29.7 Å². The number of rotatable bonds is 6. The Balaban J connectivity index is 1.76. The highest BCUT2D eigenvalue weighted by Gasteiger charge is 2.34. The van der Waals surface area contributed by atoms with Gasteiger partial charge in [0, 0.05) is 20.1 Å². The predicted octanol–water partition coefficient (Wildman–Crippen LogP) is -0.0195. The van der Waals surface area contributed by atoms with Crippen LogP contribution in [0.25, 0.3) is 0 Å². The summed E-state index contributed by atoms with van der Waals surface area (Å²) in [6, 6.07) is -0.867. The maximum atomic E-state index is 12.4. The van der Waals surface area contributed by atoms with Gasteiger partial charge in [0.15, 0.2) is 0 Å². The van der Waals surface area contributed by atoms with Gasteiger partial charge in [-0.15, -0.1) is 0 Å². The first-order chi connectivity index (χ1) is 13.6. The van der Waals surface area contributed by atoms with Crippen LogP contribution in [0.15, 0.2) is 0 Å². The standard InChI is InChI=1S/C18H32N4O7/c1-18(2,3)29-17(25)21-7-8-27-14(10-21)11-28-19-16(24)15-6-5-13(20(4)26)9-22(15)12-23/h12-15,26H,5-11H2,1-4H3,(H,19,24). The van der Waals surface area contributed by atoms with E-state index in [9.17, 15) is 19.6 Å². The zero-order chi connectivity index (χ0) is 21.6. The molecule has 2 aliphatic heterocycles. The maximum Gasteiger partial charge on any atom is 0.410 e. The number of likely N-dealkylation sites (tertiary alicyclic amines) is 1. The molecule has 2 rings (SSSR count). The molecule has 11 heteroatoms. The highest BCUT2D eigenvalue weighted by Crippen LogP contribution is 2.19. The van der Waals surface area contributed by atoms with E-state index in [-0.39, 0.29) is 19.2 Å². The summed E-state index contributed by atoms with van der Waals surface area (Å²) in [5.41, 5.74) is 1.78. The molecule has 0 aromatic heterocycles. The van der Waals surface area contributed by atoms with Gasteiger partial charge < -0.3 is 24.5 Å². The fourth-order valence-electron chi connectivity index (χ4n) is 3.27. The van der Waals surface area contributed by atoms with E-state index >= 15 is 0 Å². The van der Waals surface area contributed by atoms with Gasteiger partial charge in [-0.25, -0.2) is 10.3 Å². The van der Waals surface area contributed by atoms with E-state index in [2.05, 4.69) is 5.48 Å². The zero-order valence-corrected chi connectivity index (χ0v) is 17.5. The molecular weight excluding hydrogens is 384 g/mol. The van der Waals surface area contributed by atoms with Gasteiger partial charge in [-0.3, -0.25) is 14.4 Å². The molecule has 3 atom stereocenters. The number of hydrogen-bond donors (Lipinski definition) is 2. The lowest BCUT2D eigenvalue weighted by Gasteiger charge is -2.38. The maximum absolute atomic E-state index is 12.4. The van der Waals surface area contributed by atoms with Crippen LogP contribution in [0.4, 0.5) is 4.79 Å². The van der Waals surface area contributed by atoms with Crippen molar-refractivity contribution in [2.75, 3.05) is 39.9 Å². The fraction of sp³-hybridized carbons (Fsp3) is 0.833. The molecule has 0 spiro atoms. The Morgan fingerprint density at radius 1 is 1.31 bits per heavy atom. The highest BCUT2D eigenvalue weighted by atomic mass is 16.7. The van der Waals surface area contributed by atoms with Crippen LogP contribution in [0.2, 0.25) is 0 Å². The number of carbonyl (C=O) groups excluding carboxylic acids is 3. The smallest absolute Gasteiger partial charge is 0.410 e. The van der Waals surface area contributed by atoms with Gasteiger partial charge in [0.2, 0.25) is 6.41 Å². The van der Waals surface area contributed by atoms with Crippen LogP contribution >= 0.6 is 0 Å². The summed E-state index contributed by atoms with van der Waals surface area (Å²) >= 11 is 0. The molecule has 11 nitrogen and oxygen atoms in total. The quantitative estimate of drug-likeness (QED) is 0.458. The number of nitrogens with one attached hydrogen (secondary N) is 1. The second kappa shape index (κ2) is 10.2. The Kier molecular flexibility index (Phi) is 8.20. The average Bonchev–Trinajstić information content (AvgIpc) is 2.66. The first-order valence-corrected chi connectivity index (χ1v) is 9.74. The normalized spacial score (nSPS) is 25.7. The minimum atomic E-state index is -0.658. The lowest BCUT2D eigenvalue weighted by molar-refractivity contribution is -0.156. The molecule has 3 amide bonds. The van der Waals surface area contributed by atoms with Gasteiger partial charge in [-0.2, -0.15) is 5.06 Å². The summed E-state index contributed by atoms with van der Waals surface area (Å²) < 4.78 is 10.9. The molecule has 29 heavy (non-hydrogen) atoms. The molecule has 0 aromatic carbocycles. The zero-order valence-electron chi connectivity index (χ0n) is 17.5. The van der Waals surface area contributed by atoms with Gasteiger partial charge in [-0.05, 0) is 33.6 Å². The van der Waals surface area contributed by atoms with Crippen LogP contribution < -0.4 is 5.48 Å². The SMILES string of the molecule is CN(O)C1CCC(C(=O)NOCC2CN(C(=O)OC(C)(C)C)CCO2)N(C=O)C1. The molecule has 2 saturated heterocycles. The Labute approximate surface area is 170 Å². The lowest BCUT2D eigenvalue weighted by atomic mass is 9.98. The van der Waals surface area contributed by atoms with Gasteiger partial charge in [0.25, 0.3) is 5.91 Å². The van der Waals surface area contributed by atoms with E-state index in [4.69, 9.17) is 14.3 Å². The van der Waals surface area contributed by atoms with Crippen LogP contribution in [0.1, 0.15) is 33.6 Å². The number of morpholine rings is 1. The summed E-state index contributed by atoms with van der Waals surface area (Å²) in [7, 11) is 1.52. The van der Waals surface area contributed by atoms with Crippen molar-refractivity contribution in [2.24, 2.45) is 0 Å². The molecule has 2 fully saturated rings. The van der Waals surface area contributed by atoms with E-state index in [0.29, 0.717) is 38.9 Å². The van der Waals surface area contributed by atoms with Crippen molar-refractivity contribution in [3.05, 3.63) is 0 Å². The molecule has 166 valence electrons. The monoisotopic (exact) mass is 416 g/mol. The average molecular weight is 416 g/mol. The van der Waals surface area contributed by atoms with Crippen LogP contribution in [0.3, 0.4) is 0 Å². The number of amides is 3. The van der Waals surface area contributed by atoms with E-state index in [1.54, 1.807) is 25.7 Å². The molecule has 0 radical (unpaired) electrons. The number of likely N-dealkylation sites (N-methyl/N-ethyl adjacent to an activating group) is 1. The Morgan fingerprint density at radius 2 is 2.03 bits per heavy atom. The fourth-order valence-corrected chi connectivity index (χ4v) is 3.27. The second-order valence-electron chi connectivity index (χ2n) is 8.32. The second-order valence-corrected chi connectivity index (χ2v) is 8.32. The van der Waals surface area contributed by atoms with Gasteiger partial charge in [0.1, 0.15) is 24.4 Å². The number of ether oxygens (including phenoxy) is 2. The Bertz CT molecular complexity index is 581. The van der Waals surface area contributed by atoms with Crippen LogP contribution in [-0.2, 0) is 23.9 Å². The van der Waals surface area contributed by atoms with E-state index in [1.807, 2.05) is 0 Å². The van der Waals surface area contributed by atoms with Crippen LogP contribution in [-0.4, -0.2) is 102 Å². The number of piperidine rings is 1. The van der Waals surface area contributed by atoms with Crippen LogP contribution in [0, 0.1) is 0 Å². The van der Waals surface area contributed by atoms with E-state index in [1.165, 1.54) is 11.9 Å². The summed E-state index contributed by atoms with van der Waals surface area (Å²) in [5.74, 6) is -0.434. The van der Waals surface area contributed by atoms with Crippen molar-refractivity contribution in [2.45, 2.75) is 57.4 Å². The molecule has 0 saturated carbocycles. The third-order valence-corrected chi connectivity index (χ3v) is 4.79. The number of hydroxylamine groups is 3. The molecule has 2 N–H and O–H groups in total. The number of nitrogens with zero attached hydrogens (tertiary/aromatic N) is 3. The topological polar surface area (TPSA) is 121 Å². The van der Waals surface area contributed by atoms with Crippen molar-refractivity contribution in [1.29, 1.82) is 0 Å². The van der Waals surface area contributed by atoms with Crippen molar-refractivity contribution in [3.8, 4) is 0 Å². The molecular formula is C18H32N4O7. The summed E-state index contributed by atoms with van der Waals surface area (Å²) in [5, 5.41) is 10.6. The Hall–Kier alpha value is -1.95. The predicted molar refractivity (Wildman–Crippen MR) is 101 cm³/mol. The highest BCUT2D eigenvalue weighted by molar-refractivity contribution is 5.82. The van der Waals surface area contributed by atoms with Gasteiger partial charge >= 0.3 is 6.09 Å². The first kappa shape index (κ1) is 23.3. The Morgan fingerprint density at radius 3 is 2.66 bits per heavy atom. The molecule has 0 aromatic rings. The number of carbonyl (C=O) groups is 3. The van der Waals surface area contributed by atoms with Gasteiger partial charge in [0.05, 0.1) is 19.2 Å². The third-order valence-electron chi connectivity index (χ3n) is 4.79. The summed E-state index contributed by atoms with van der Waals surface area (Å²) in [4.78, 5) is 44.0. The third kappa shape index (κ3) is 7.11. The van der Waals surface area contributed by atoms with Crippen molar-refractivity contribution >= 4 is 18.4 Å². The van der Waals surface area contributed by atoms with Crippen molar-refractivity contribution < 1.29 is 33.9 Å². The van der Waals surface area contributed by atoms with Crippen LogP contribution in [0.5, 0.6) is 0 Å². The molecule has 3 unspecified atom stereocenters. The number of hydrogen-bond acceptors (Lipinski definition) is 8. The van der Waals surface area contributed by atoms with Crippen molar-refractivity contribution in [3.63, 3.8) is 0 Å². The van der Waals surface area contributed by atoms with E-state index in [0.717, 1.165) is 5.06 Å². The first-order valence-electron chi connectivity index (χ1n) is 9.74. The summed E-state index contributed by atoms with van der Waals surface area (Å²) in [6.45, 7) is 6.78. The molecule has 0 bridgehead atoms.